The highest BCUT2D eigenvalue weighted by Gasteiger charge is 2.26. The van der Waals surface area contributed by atoms with E-state index in [-0.39, 0.29) is 23.9 Å². The van der Waals surface area contributed by atoms with Crippen molar-refractivity contribution in [2.75, 3.05) is 20.8 Å². The van der Waals surface area contributed by atoms with Crippen molar-refractivity contribution in [3.8, 4) is 17.2 Å². The van der Waals surface area contributed by atoms with Crippen molar-refractivity contribution in [1.29, 1.82) is 0 Å². The Labute approximate surface area is 172 Å². The van der Waals surface area contributed by atoms with Crippen LogP contribution in [0, 0.1) is 0 Å². The van der Waals surface area contributed by atoms with Gasteiger partial charge in [0.25, 0.3) is 0 Å². The van der Waals surface area contributed by atoms with Crippen molar-refractivity contribution in [2.24, 2.45) is 0 Å². The van der Waals surface area contributed by atoms with Gasteiger partial charge >= 0.3 is 11.9 Å². The minimum Gasteiger partial charge on any atom is -0.502 e. The molecule has 7 nitrogen and oxygen atoms in total. The summed E-state index contributed by atoms with van der Waals surface area (Å²) in [7, 11) is 2.82. The van der Waals surface area contributed by atoms with E-state index in [1.165, 1.54) is 20.3 Å². The third kappa shape index (κ3) is 5.89. The summed E-state index contributed by atoms with van der Waals surface area (Å²) in [6.07, 6.45) is 5.90. The van der Waals surface area contributed by atoms with Crippen LogP contribution in [-0.4, -0.2) is 43.0 Å². The molecule has 29 heavy (non-hydrogen) atoms. The van der Waals surface area contributed by atoms with E-state index in [4.69, 9.17) is 14.2 Å². The Morgan fingerprint density at radius 1 is 0.931 bits per heavy atom. The first kappa shape index (κ1) is 24.3. The standard InChI is InChI=1S/C22H32O7/c1-6-9-10-11-12-29-22(26)17(21(24)25)13-16-14(7-2)19(27-4)18(23)20(28-5)15(16)8-3/h13,23H,6-12H2,1-5H3,(H,24,25). The molecule has 1 rings (SSSR count). The number of aliphatic carboxylic acids is 1. The monoisotopic (exact) mass is 408 g/mol. The first-order chi connectivity index (χ1) is 13.9. The van der Waals surface area contributed by atoms with Gasteiger partial charge in [-0.25, -0.2) is 9.59 Å². The van der Waals surface area contributed by atoms with E-state index in [9.17, 15) is 19.8 Å². The molecule has 1 aromatic rings. The summed E-state index contributed by atoms with van der Waals surface area (Å²) in [4.78, 5) is 24.2. The number of carbonyl (C=O) groups is 2. The second-order valence-corrected chi connectivity index (χ2v) is 6.55. The van der Waals surface area contributed by atoms with Gasteiger partial charge in [0.1, 0.15) is 5.57 Å². The van der Waals surface area contributed by atoms with E-state index in [1.54, 1.807) is 0 Å². The fourth-order valence-corrected chi connectivity index (χ4v) is 3.26. The molecule has 0 amide bonds. The largest absolute Gasteiger partial charge is 0.502 e. The van der Waals surface area contributed by atoms with E-state index in [0.717, 1.165) is 19.3 Å². The number of unbranched alkanes of at least 4 members (excludes halogenated alkanes) is 3. The number of ether oxygens (including phenoxy) is 3. The normalized spacial score (nSPS) is 11.3. The summed E-state index contributed by atoms with van der Waals surface area (Å²) in [5.74, 6) is -2.00. The summed E-state index contributed by atoms with van der Waals surface area (Å²) in [6, 6.07) is 0. The molecule has 7 heteroatoms. The molecule has 0 heterocycles. The number of carboxylic acids is 1. The van der Waals surface area contributed by atoms with Gasteiger partial charge < -0.3 is 24.4 Å². The van der Waals surface area contributed by atoms with Gasteiger partial charge in [-0.1, -0.05) is 40.0 Å². The second kappa shape index (κ2) is 12.0. The molecular weight excluding hydrogens is 376 g/mol. The van der Waals surface area contributed by atoms with Gasteiger partial charge in [-0.2, -0.15) is 0 Å². The number of carbonyl (C=O) groups excluding carboxylic acids is 1. The topological polar surface area (TPSA) is 102 Å². The molecule has 0 bridgehead atoms. The molecule has 0 spiro atoms. The van der Waals surface area contributed by atoms with Crippen molar-refractivity contribution >= 4 is 18.0 Å². The molecule has 0 aliphatic heterocycles. The highest BCUT2D eigenvalue weighted by Crippen LogP contribution is 2.45. The number of esters is 1. The highest BCUT2D eigenvalue weighted by molar-refractivity contribution is 6.17. The van der Waals surface area contributed by atoms with Crippen LogP contribution in [0.4, 0.5) is 0 Å². The molecule has 2 N–H and O–H groups in total. The van der Waals surface area contributed by atoms with Gasteiger partial charge in [0.05, 0.1) is 20.8 Å². The predicted molar refractivity (Wildman–Crippen MR) is 111 cm³/mol. The summed E-state index contributed by atoms with van der Waals surface area (Å²) < 4.78 is 15.8. The van der Waals surface area contributed by atoms with Crippen molar-refractivity contribution in [2.45, 2.75) is 59.3 Å². The summed E-state index contributed by atoms with van der Waals surface area (Å²) in [5, 5.41) is 20.1. The Kier molecular flexibility index (Phi) is 10.1. The van der Waals surface area contributed by atoms with Crippen LogP contribution in [0.5, 0.6) is 17.2 Å². The number of benzene rings is 1. The number of aromatic hydroxyl groups is 1. The number of hydrogen-bond acceptors (Lipinski definition) is 6. The molecule has 0 fully saturated rings. The number of rotatable bonds is 12. The SMILES string of the molecule is CCCCCCOC(=O)C(=Cc1c(CC)c(OC)c(O)c(OC)c1CC)C(=O)O. The molecular formula is C22H32O7. The van der Waals surface area contributed by atoms with Crippen LogP contribution in [0.1, 0.15) is 63.1 Å². The van der Waals surface area contributed by atoms with E-state index in [1.807, 2.05) is 13.8 Å². The zero-order valence-electron chi connectivity index (χ0n) is 18.0. The molecule has 0 unspecified atom stereocenters. The average Bonchev–Trinajstić information content (AvgIpc) is 2.70. The minimum atomic E-state index is -1.38. The van der Waals surface area contributed by atoms with Crippen molar-refractivity contribution < 1.29 is 34.0 Å². The Morgan fingerprint density at radius 2 is 1.48 bits per heavy atom. The summed E-state index contributed by atoms with van der Waals surface area (Å²) in [6.45, 7) is 5.96. The van der Waals surface area contributed by atoms with Gasteiger partial charge in [-0.05, 0) is 30.9 Å². The zero-order valence-corrected chi connectivity index (χ0v) is 18.0. The number of phenolic OH excluding ortho intramolecular Hbond substituents is 1. The van der Waals surface area contributed by atoms with Crippen LogP contribution in [0.15, 0.2) is 5.57 Å². The fourth-order valence-electron chi connectivity index (χ4n) is 3.26. The minimum absolute atomic E-state index is 0.142. The maximum atomic E-state index is 12.4. The lowest BCUT2D eigenvalue weighted by molar-refractivity contribution is -0.144. The smallest absolute Gasteiger partial charge is 0.345 e. The summed E-state index contributed by atoms with van der Waals surface area (Å²) in [5.41, 5.74) is 1.20. The van der Waals surface area contributed by atoms with E-state index < -0.39 is 17.5 Å². The number of carboxylic acid groups (broad SMARTS) is 1. The molecule has 0 saturated heterocycles. The average molecular weight is 408 g/mol. The van der Waals surface area contributed by atoms with Gasteiger partial charge in [0.2, 0.25) is 5.75 Å². The van der Waals surface area contributed by atoms with Crippen LogP contribution in [0.25, 0.3) is 6.08 Å². The number of methoxy groups -OCH3 is 2. The lowest BCUT2D eigenvalue weighted by Crippen LogP contribution is -2.16. The molecule has 0 aromatic heterocycles. The Hall–Kier alpha value is -2.70. The van der Waals surface area contributed by atoms with Gasteiger partial charge in [-0.3, -0.25) is 0 Å². The summed E-state index contributed by atoms with van der Waals surface area (Å²) >= 11 is 0. The van der Waals surface area contributed by atoms with E-state index >= 15 is 0 Å². The maximum absolute atomic E-state index is 12.4. The lowest BCUT2D eigenvalue weighted by atomic mass is 9.93. The van der Waals surface area contributed by atoms with Crippen molar-refractivity contribution in [3.05, 3.63) is 22.3 Å². The Bertz CT molecular complexity index is 717. The van der Waals surface area contributed by atoms with Crippen LogP contribution in [0.2, 0.25) is 0 Å². The maximum Gasteiger partial charge on any atom is 0.345 e. The third-order valence-corrected chi connectivity index (χ3v) is 4.71. The highest BCUT2D eigenvalue weighted by atomic mass is 16.5. The van der Waals surface area contributed by atoms with Crippen LogP contribution in [0.3, 0.4) is 0 Å². The molecule has 162 valence electrons. The molecule has 1 aromatic carbocycles. The number of phenols is 1. The lowest BCUT2D eigenvalue weighted by Gasteiger charge is -2.20. The third-order valence-electron chi connectivity index (χ3n) is 4.71. The van der Waals surface area contributed by atoms with Crippen LogP contribution in [-0.2, 0) is 27.2 Å². The number of hydrogen-bond donors (Lipinski definition) is 2. The predicted octanol–water partition coefficient (Wildman–Crippen LogP) is 4.13. The fraction of sp³-hybridized carbons (Fsp3) is 0.545. The quantitative estimate of drug-likeness (QED) is 0.176. The van der Waals surface area contributed by atoms with E-state index in [0.29, 0.717) is 36.0 Å². The Morgan fingerprint density at radius 3 is 1.90 bits per heavy atom. The van der Waals surface area contributed by atoms with Gasteiger partial charge in [0.15, 0.2) is 11.5 Å². The van der Waals surface area contributed by atoms with Gasteiger partial charge in [-0.15, -0.1) is 0 Å². The molecule has 0 aliphatic rings. The van der Waals surface area contributed by atoms with E-state index in [2.05, 4.69) is 6.92 Å². The van der Waals surface area contributed by atoms with Crippen LogP contribution >= 0.6 is 0 Å². The Balaban J connectivity index is 3.45. The van der Waals surface area contributed by atoms with Crippen molar-refractivity contribution in [1.82, 2.24) is 0 Å². The molecule has 0 atom stereocenters. The second-order valence-electron chi connectivity index (χ2n) is 6.55. The zero-order chi connectivity index (χ0) is 22.0. The first-order valence-corrected chi connectivity index (χ1v) is 9.98. The van der Waals surface area contributed by atoms with Gasteiger partial charge in [0, 0.05) is 11.1 Å². The first-order valence-electron chi connectivity index (χ1n) is 9.98. The van der Waals surface area contributed by atoms with Crippen molar-refractivity contribution in [3.63, 3.8) is 0 Å². The molecule has 0 aliphatic carbocycles. The van der Waals surface area contributed by atoms with Crippen LogP contribution < -0.4 is 9.47 Å². The molecule has 0 saturated carbocycles. The molecule has 0 radical (unpaired) electrons.